The standard InChI is InChI=1S/C28H30N6O2/c1-18-25(16-32(2)31-18)23-12-19(15-33-11-9-29-17-33)13-24-22(23)7-10-34(28(24)35)27(20-4-5-20)26-14-21(36-3)6-8-30-26/h6,8-9,11-14,16-17,20,27H,4-5,7,10,15H2,1-3H3. The first-order valence-electron chi connectivity index (χ1n) is 12.4. The van der Waals surface area contributed by atoms with Crippen molar-refractivity contribution >= 4 is 5.91 Å². The number of ether oxygens (including phenoxy) is 1. The van der Waals surface area contributed by atoms with E-state index in [1.807, 2.05) is 46.4 Å². The van der Waals surface area contributed by atoms with Gasteiger partial charge in [-0.15, -0.1) is 0 Å². The van der Waals surface area contributed by atoms with E-state index >= 15 is 0 Å². The van der Waals surface area contributed by atoms with Crippen molar-refractivity contribution in [1.82, 2.24) is 29.2 Å². The second-order valence-electron chi connectivity index (χ2n) is 9.86. The highest BCUT2D eigenvalue weighted by atomic mass is 16.5. The maximum absolute atomic E-state index is 14.2. The fourth-order valence-corrected chi connectivity index (χ4v) is 5.52. The first-order valence-corrected chi connectivity index (χ1v) is 12.4. The predicted octanol–water partition coefficient (Wildman–Crippen LogP) is 4.19. The molecule has 1 amide bonds. The van der Waals surface area contributed by atoms with Crippen LogP contribution in [0.25, 0.3) is 11.1 Å². The molecule has 6 rings (SSSR count). The smallest absolute Gasteiger partial charge is 0.254 e. The van der Waals surface area contributed by atoms with Crippen molar-refractivity contribution in [1.29, 1.82) is 0 Å². The molecule has 8 heteroatoms. The van der Waals surface area contributed by atoms with Crippen molar-refractivity contribution in [3.8, 4) is 16.9 Å². The number of rotatable bonds is 7. The van der Waals surface area contributed by atoms with E-state index in [1.165, 1.54) is 0 Å². The van der Waals surface area contributed by atoms with Crippen LogP contribution in [0.1, 0.15) is 51.8 Å². The number of fused-ring (bicyclic) bond motifs is 1. The van der Waals surface area contributed by atoms with Crippen molar-refractivity contribution in [3.63, 3.8) is 0 Å². The van der Waals surface area contributed by atoms with Gasteiger partial charge < -0.3 is 14.2 Å². The maximum Gasteiger partial charge on any atom is 0.254 e. The number of carbonyl (C=O) groups excluding carboxylic acids is 1. The van der Waals surface area contributed by atoms with Gasteiger partial charge in [-0.2, -0.15) is 5.10 Å². The number of benzene rings is 1. The fourth-order valence-electron chi connectivity index (χ4n) is 5.52. The van der Waals surface area contributed by atoms with E-state index in [9.17, 15) is 4.79 Å². The molecule has 1 aliphatic heterocycles. The molecule has 184 valence electrons. The SMILES string of the molecule is COc1ccnc(C(C2CC2)N2CCc3c(cc(Cn4ccnc4)cc3-c3cn(C)nc3C)C2=O)c1. The molecule has 0 radical (unpaired) electrons. The molecule has 4 aromatic rings. The fraction of sp³-hybridized carbons (Fsp3) is 0.357. The van der Waals surface area contributed by atoms with Gasteiger partial charge in [0, 0.05) is 62.1 Å². The zero-order chi connectivity index (χ0) is 24.8. The van der Waals surface area contributed by atoms with Gasteiger partial charge in [-0.25, -0.2) is 4.98 Å². The summed E-state index contributed by atoms with van der Waals surface area (Å²) in [5.41, 5.74) is 7.01. The van der Waals surface area contributed by atoms with Gasteiger partial charge in [0.2, 0.25) is 0 Å². The molecule has 0 spiro atoms. The van der Waals surface area contributed by atoms with Crippen LogP contribution in [0, 0.1) is 12.8 Å². The van der Waals surface area contributed by atoms with Crippen LogP contribution in [-0.4, -0.2) is 48.8 Å². The summed E-state index contributed by atoms with van der Waals surface area (Å²) in [6.45, 7) is 3.34. The normalized spacial score (nSPS) is 16.2. The number of carbonyl (C=O) groups is 1. The van der Waals surface area contributed by atoms with Gasteiger partial charge in [-0.1, -0.05) is 0 Å². The molecule has 1 fully saturated rings. The molecule has 0 saturated heterocycles. The molecule has 1 saturated carbocycles. The molecular formula is C28H30N6O2. The first kappa shape index (κ1) is 22.5. The van der Waals surface area contributed by atoms with E-state index < -0.39 is 0 Å². The highest BCUT2D eigenvalue weighted by Crippen LogP contribution is 2.46. The van der Waals surface area contributed by atoms with Gasteiger partial charge >= 0.3 is 0 Å². The molecule has 1 aliphatic carbocycles. The van der Waals surface area contributed by atoms with E-state index in [0.717, 1.165) is 64.2 Å². The van der Waals surface area contributed by atoms with Crippen molar-refractivity contribution in [2.24, 2.45) is 13.0 Å². The number of hydrogen-bond donors (Lipinski definition) is 0. The van der Waals surface area contributed by atoms with Gasteiger partial charge in [-0.05, 0) is 67.0 Å². The Labute approximate surface area is 210 Å². The highest BCUT2D eigenvalue weighted by molar-refractivity contribution is 5.99. The Bertz CT molecular complexity index is 1420. The second kappa shape index (κ2) is 8.93. The van der Waals surface area contributed by atoms with Gasteiger partial charge in [0.25, 0.3) is 5.91 Å². The lowest BCUT2D eigenvalue weighted by Gasteiger charge is -2.36. The Kier molecular flexibility index (Phi) is 5.59. The molecule has 2 aliphatic rings. The summed E-state index contributed by atoms with van der Waals surface area (Å²) in [7, 11) is 3.60. The highest BCUT2D eigenvalue weighted by Gasteiger charge is 2.42. The van der Waals surface area contributed by atoms with E-state index in [4.69, 9.17) is 4.74 Å². The molecule has 4 heterocycles. The summed E-state index contributed by atoms with van der Waals surface area (Å²) >= 11 is 0. The van der Waals surface area contributed by atoms with Crippen molar-refractivity contribution in [2.45, 2.75) is 38.8 Å². The third-order valence-corrected chi connectivity index (χ3v) is 7.33. The Balaban J connectivity index is 1.44. The summed E-state index contributed by atoms with van der Waals surface area (Å²) in [4.78, 5) is 25.1. The summed E-state index contributed by atoms with van der Waals surface area (Å²) < 4.78 is 9.33. The van der Waals surface area contributed by atoms with Crippen LogP contribution in [0.5, 0.6) is 5.75 Å². The molecule has 36 heavy (non-hydrogen) atoms. The number of hydrogen-bond acceptors (Lipinski definition) is 5. The zero-order valence-electron chi connectivity index (χ0n) is 20.9. The summed E-state index contributed by atoms with van der Waals surface area (Å²) in [6.07, 6.45) is 12.4. The average Bonchev–Trinajstić information content (AvgIpc) is 3.47. The van der Waals surface area contributed by atoms with Crippen LogP contribution >= 0.6 is 0 Å². The molecule has 1 unspecified atom stereocenters. The van der Waals surface area contributed by atoms with Gasteiger partial charge in [0.15, 0.2) is 0 Å². The first-order chi connectivity index (χ1) is 17.5. The van der Waals surface area contributed by atoms with Crippen LogP contribution in [0.2, 0.25) is 0 Å². The molecule has 1 aromatic carbocycles. The molecule has 0 N–H and O–H groups in total. The number of amides is 1. The monoisotopic (exact) mass is 482 g/mol. The minimum Gasteiger partial charge on any atom is -0.497 e. The molecule has 8 nitrogen and oxygen atoms in total. The van der Waals surface area contributed by atoms with Gasteiger partial charge in [0.1, 0.15) is 5.75 Å². The molecule has 3 aromatic heterocycles. The maximum atomic E-state index is 14.2. The van der Waals surface area contributed by atoms with Crippen molar-refractivity contribution < 1.29 is 9.53 Å². The topological polar surface area (TPSA) is 78.1 Å². The van der Waals surface area contributed by atoms with E-state index in [0.29, 0.717) is 19.0 Å². The second-order valence-corrected chi connectivity index (χ2v) is 9.86. The number of aromatic nitrogens is 5. The number of aryl methyl sites for hydroxylation is 2. The minimum absolute atomic E-state index is 0.0402. The summed E-state index contributed by atoms with van der Waals surface area (Å²) in [5, 5.41) is 4.58. The summed E-state index contributed by atoms with van der Waals surface area (Å²) in [6, 6.07) is 8.08. The largest absolute Gasteiger partial charge is 0.497 e. The predicted molar refractivity (Wildman–Crippen MR) is 136 cm³/mol. The van der Waals surface area contributed by atoms with Crippen LogP contribution in [0.3, 0.4) is 0 Å². The lowest BCUT2D eigenvalue weighted by molar-refractivity contribution is 0.0627. The van der Waals surface area contributed by atoms with E-state index in [2.05, 4.69) is 33.4 Å². The van der Waals surface area contributed by atoms with Crippen LogP contribution in [0.4, 0.5) is 0 Å². The van der Waals surface area contributed by atoms with Crippen LogP contribution < -0.4 is 4.74 Å². The number of nitrogens with zero attached hydrogens (tertiary/aromatic N) is 6. The van der Waals surface area contributed by atoms with E-state index in [-0.39, 0.29) is 11.9 Å². The summed E-state index contributed by atoms with van der Waals surface area (Å²) in [5.74, 6) is 1.28. The van der Waals surface area contributed by atoms with Crippen molar-refractivity contribution in [2.75, 3.05) is 13.7 Å². The van der Waals surface area contributed by atoms with E-state index in [1.54, 1.807) is 25.8 Å². The lowest BCUT2D eigenvalue weighted by atomic mass is 9.87. The molecule has 0 bridgehead atoms. The van der Waals surface area contributed by atoms with Crippen molar-refractivity contribution in [3.05, 3.63) is 83.5 Å². The lowest BCUT2D eigenvalue weighted by Crippen LogP contribution is -2.41. The Morgan fingerprint density at radius 1 is 1.14 bits per heavy atom. The molecular weight excluding hydrogens is 452 g/mol. The van der Waals surface area contributed by atoms with Crippen LogP contribution in [-0.2, 0) is 20.0 Å². The zero-order valence-corrected chi connectivity index (χ0v) is 20.9. The Morgan fingerprint density at radius 2 is 1.97 bits per heavy atom. The Morgan fingerprint density at radius 3 is 2.67 bits per heavy atom. The Hall–Kier alpha value is -3.94. The third-order valence-electron chi connectivity index (χ3n) is 7.33. The quantitative estimate of drug-likeness (QED) is 0.395. The third kappa shape index (κ3) is 4.06. The van der Waals surface area contributed by atoms with Gasteiger partial charge in [-0.3, -0.25) is 14.5 Å². The number of pyridine rings is 1. The van der Waals surface area contributed by atoms with Gasteiger partial charge in [0.05, 0.1) is 30.9 Å². The number of imidazole rings is 1. The van der Waals surface area contributed by atoms with Crippen LogP contribution in [0.15, 0.2) is 55.4 Å². The minimum atomic E-state index is -0.0402. The number of methoxy groups -OCH3 is 1. The molecule has 1 atom stereocenters. The average molecular weight is 483 g/mol.